The Kier molecular flexibility index (Phi) is 3.00. The molecule has 2 heteroatoms. The van der Waals surface area contributed by atoms with Gasteiger partial charge in [0, 0.05) is 4.48 Å². The molecule has 122 valence electrons. The van der Waals surface area contributed by atoms with Crippen LogP contribution in [0.15, 0.2) is 34.3 Å². The van der Waals surface area contributed by atoms with Crippen molar-refractivity contribution in [3.05, 3.63) is 51.0 Å². The summed E-state index contributed by atoms with van der Waals surface area (Å²) in [7, 11) is 0. The second kappa shape index (κ2) is 4.40. The van der Waals surface area contributed by atoms with Crippen molar-refractivity contribution in [2.75, 3.05) is 0 Å². The SMILES string of the molecule is CC(C)(C)c1ccc2c(c1)CC1=C2C(Br)=CC2(C(C)(C)C)OC12. The topological polar surface area (TPSA) is 12.5 Å². The molecule has 1 aromatic rings. The van der Waals surface area contributed by atoms with Gasteiger partial charge in [-0.25, -0.2) is 0 Å². The van der Waals surface area contributed by atoms with E-state index in [1.165, 1.54) is 32.3 Å². The first-order valence-electron chi connectivity index (χ1n) is 8.48. The number of halogens is 1. The Morgan fingerprint density at radius 3 is 2.43 bits per heavy atom. The largest absolute Gasteiger partial charge is 0.356 e. The lowest BCUT2D eigenvalue weighted by atomic mass is 9.73. The van der Waals surface area contributed by atoms with Crippen LogP contribution in [0.1, 0.15) is 58.2 Å². The number of benzene rings is 1. The molecule has 1 nitrogen and oxygen atoms in total. The summed E-state index contributed by atoms with van der Waals surface area (Å²) in [6, 6.07) is 6.99. The number of ether oxygens (including phenoxy) is 1. The number of fused-ring (bicyclic) bond motifs is 4. The average molecular weight is 373 g/mol. The summed E-state index contributed by atoms with van der Waals surface area (Å²) in [5, 5.41) is 0. The minimum Gasteiger partial charge on any atom is -0.356 e. The van der Waals surface area contributed by atoms with E-state index in [4.69, 9.17) is 4.74 Å². The summed E-state index contributed by atoms with van der Waals surface area (Å²) < 4.78 is 7.49. The summed E-state index contributed by atoms with van der Waals surface area (Å²) in [5.74, 6) is 0. The molecule has 0 spiro atoms. The standard InChI is InChI=1S/C21H25BrO/c1-19(2,3)13-7-8-14-12(9-13)10-15-17(14)16(22)11-21(18(15)23-21)20(4,5)6/h7-9,11,18H,10H2,1-6H3. The molecule has 2 atom stereocenters. The van der Waals surface area contributed by atoms with Crippen LogP contribution in [-0.4, -0.2) is 11.7 Å². The Labute approximate surface area is 147 Å². The fourth-order valence-corrected chi connectivity index (χ4v) is 4.88. The third kappa shape index (κ3) is 2.07. The van der Waals surface area contributed by atoms with Gasteiger partial charge >= 0.3 is 0 Å². The third-order valence-corrected chi connectivity index (χ3v) is 6.28. The van der Waals surface area contributed by atoms with E-state index in [1.54, 1.807) is 0 Å². The van der Waals surface area contributed by atoms with E-state index in [1.807, 2.05) is 0 Å². The van der Waals surface area contributed by atoms with Crippen LogP contribution in [0.2, 0.25) is 0 Å². The van der Waals surface area contributed by atoms with E-state index in [-0.39, 0.29) is 22.5 Å². The van der Waals surface area contributed by atoms with Crippen molar-refractivity contribution in [3.8, 4) is 0 Å². The van der Waals surface area contributed by atoms with E-state index in [0.717, 1.165) is 6.42 Å². The number of allylic oxidation sites excluding steroid dienone is 2. The normalized spacial score (nSPS) is 29.0. The van der Waals surface area contributed by atoms with Crippen molar-refractivity contribution in [3.63, 3.8) is 0 Å². The lowest BCUT2D eigenvalue weighted by Gasteiger charge is -2.28. The Bertz CT molecular complexity index is 770. The molecule has 1 fully saturated rings. The molecule has 3 aliphatic rings. The first-order valence-corrected chi connectivity index (χ1v) is 9.27. The zero-order valence-corrected chi connectivity index (χ0v) is 16.5. The zero-order chi connectivity index (χ0) is 16.8. The lowest BCUT2D eigenvalue weighted by molar-refractivity contribution is 0.199. The molecule has 0 saturated carbocycles. The van der Waals surface area contributed by atoms with Gasteiger partial charge in [-0.1, -0.05) is 75.7 Å². The van der Waals surface area contributed by atoms with E-state index in [0.29, 0.717) is 0 Å². The van der Waals surface area contributed by atoms with Gasteiger partial charge in [0.2, 0.25) is 0 Å². The van der Waals surface area contributed by atoms with Crippen LogP contribution >= 0.6 is 15.9 Å². The molecular formula is C21H25BrO. The van der Waals surface area contributed by atoms with E-state index in [2.05, 4.69) is 81.7 Å². The van der Waals surface area contributed by atoms with Crippen molar-refractivity contribution >= 4 is 21.5 Å². The molecule has 1 aromatic carbocycles. The van der Waals surface area contributed by atoms with Gasteiger partial charge < -0.3 is 4.74 Å². The average Bonchev–Trinajstić information content (AvgIpc) is 3.03. The predicted octanol–water partition coefficient (Wildman–Crippen LogP) is 5.77. The van der Waals surface area contributed by atoms with Crippen LogP contribution in [0.3, 0.4) is 0 Å². The monoisotopic (exact) mass is 372 g/mol. The highest BCUT2D eigenvalue weighted by molar-refractivity contribution is 9.12. The van der Waals surface area contributed by atoms with Crippen molar-refractivity contribution < 1.29 is 4.74 Å². The lowest BCUT2D eigenvalue weighted by Crippen LogP contribution is -2.33. The van der Waals surface area contributed by atoms with E-state index < -0.39 is 0 Å². The van der Waals surface area contributed by atoms with Gasteiger partial charge in [-0.05, 0) is 51.2 Å². The number of hydrogen-bond acceptors (Lipinski definition) is 1. The maximum atomic E-state index is 6.28. The fourth-order valence-electron chi connectivity index (χ4n) is 4.07. The summed E-state index contributed by atoms with van der Waals surface area (Å²) in [4.78, 5) is 0. The van der Waals surface area contributed by atoms with Gasteiger partial charge in [-0.15, -0.1) is 0 Å². The predicted molar refractivity (Wildman–Crippen MR) is 99.8 cm³/mol. The molecule has 0 amide bonds. The quantitative estimate of drug-likeness (QED) is 0.526. The van der Waals surface area contributed by atoms with Crippen molar-refractivity contribution in [2.24, 2.45) is 5.41 Å². The number of epoxide rings is 1. The summed E-state index contributed by atoms with van der Waals surface area (Å²) in [6.07, 6.45) is 3.59. The van der Waals surface area contributed by atoms with Crippen LogP contribution in [0.5, 0.6) is 0 Å². The van der Waals surface area contributed by atoms with Crippen molar-refractivity contribution in [1.29, 1.82) is 0 Å². The maximum absolute atomic E-state index is 6.28. The first kappa shape index (κ1) is 15.7. The summed E-state index contributed by atoms with van der Waals surface area (Å²) >= 11 is 3.84. The van der Waals surface area contributed by atoms with Crippen LogP contribution < -0.4 is 0 Å². The van der Waals surface area contributed by atoms with Gasteiger partial charge in [-0.3, -0.25) is 0 Å². The van der Waals surface area contributed by atoms with Gasteiger partial charge in [0.25, 0.3) is 0 Å². The maximum Gasteiger partial charge on any atom is 0.123 e. The summed E-state index contributed by atoms with van der Waals surface area (Å²) in [5.41, 5.74) is 7.27. The fraction of sp³-hybridized carbons (Fsp3) is 0.524. The molecule has 1 aliphatic heterocycles. The highest BCUT2D eigenvalue weighted by Gasteiger charge is 2.66. The molecule has 0 radical (unpaired) electrons. The summed E-state index contributed by atoms with van der Waals surface area (Å²) in [6.45, 7) is 13.7. The zero-order valence-electron chi connectivity index (χ0n) is 14.9. The van der Waals surface area contributed by atoms with Crippen LogP contribution in [0, 0.1) is 5.41 Å². The molecule has 2 aliphatic carbocycles. The highest BCUT2D eigenvalue weighted by atomic mass is 79.9. The van der Waals surface area contributed by atoms with Crippen LogP contribution in [0.4, 0.5) is 0 Å². The van der Waals surface area contributed by atoms with Crippen molar-refractivity contribution in [2.45, 2.75) is 65.1 Å². The molecular weight excluding hydrogens is 348 g/mol. The molecule has 1 saturated heterocycles. The van der Waals surface area contributed by atoms with Gasteiger partial charge in [0.05, 0.1) is 0 Å². The minimum absolute atomic E-state index is 0.112. The molecule has 23 heavy (non-hydrogen) atoms. The number of rotatable bonds is 0. The van der Waals surface area contributed by atoms with Gasteiger partial charge in [-0.2, -0.15) is 0 Å². The van der Waals surface area contributed by atoms with E-state index >= 15 is 0 Å². The molecule has 0 N–H and O–H groups in total. The van der Waals surface area contributed by atoms with E-state index in [9.17, 15) is 0 Å². The Hall–Kier alpha value is -0.860. The number of hydrogen-bond donors (Lipinski definition) is 0. The van der Waals surface area contributed by atoms with Gasteiger partial charge in [0.15, 0.2) is 0 Å². The Morgan fingerprint density at radius 2 is 1.83 bits per heavy atom. The molecule has 1 heterocycles. The molecule has 2 unspecified atom stereocenters. The minimum atomic E-state index is -0.125. The third-order valence-electron chi connectivity index (χ3n) is 5.66. The van der Waals surface area contributed by atoms with Gasteiger partial charge in [0.1, 0.15) is 11.7 Å². The molecule has 0 aromatic heterocycles. The smallest absolute Gasteiger partial charge is 0.123 e. The first-order chi connectivity index (χ1) is 10.5. The second-order valence-electron chi connectivity index (χ2n) is 9.23. The second-order valence-corrected chi connectivity index (χ2v) is 10.1. The Morgan fingerprint density at radius 1 is 1.13 bits per heavy atom. The van der Waals surface area contributed by atoms with Crippen LogP contribution in [-0.2, 0) is 16.6 Å². The highest BCUT2D eigenvalue weighted by Crippen LogP contribution is 2.62. The van der Waals surface area contributed by atoms with Crippen molar-refractivity contribution in [1.82, 2.24) is 0 Å². The Balaban J connectivity index is 1.78. The molecule has 0 bridgehead atoms. The van der Waals surface area contributed by atoms with Crippen LogP contribution in [0.25, 0.3) is 5.57 Å². The molecule has 4 rings (SSSR count).